The number of nitro benzene ring substituents is 1. The second-order valence-corrected chi connectivity index (χ2v) is 4.90. The number of rotatable bonds is 6. The van der Waals surface area contributed by atoms with Crippen LogP contribution in [-0.4, -0.2) is 18.0 Å². The molecule has 0 aromatic heterocycles. The number of nitrogens with zero attached hydrogens (tertiary/aromatic N) is 2. The van der Waals surface area contributed by atoms with E-state index in [1.165, 1.54) is 0 Å². The molecule has 0 unspecified atom stereocenters. The largest absolute Gasteiger partial charge is 0.360 e. The summed E-state index contributed by atoms with van der Waals surface area (Å²) in [7, 11) is 0. The van der Waals surface area contributed by atoms with Crippen LogP contribution in [0.5, 0.6) is 0 Å². The van der Waals surface area contributed by atoms with Crippen LogP contribution < -0.4 is 10.6 Å². The maximum atomic E-state index is 11.4. The van der Waals surface area contributed by atoms with Gasteiger partial charge in [-0.05, 0) is 18.6 Å². The first-order chi connectivity index (χ1) is 10.1. The molecule has 0 aliphatic carbocycles. The van der Waals surface area contributed by atoms with Gasteiger partial charge >= 0.3 is 0 Å². The van der Waals surface area contributed by atoms with Crippen molar-refractivity contribution in [2.24, 2.45) is 5.73 Å². The van der Waals surface area contributed by atoms with Crippen LogP contribution in [0, 0.1) is 17.0 Å². The fraction of sp³-hybridized carbons (Fsp3) is 0.250. The minimum atomic E-state index is -0.320. The van der Waals surface area contributed by atoms with Gasteiger partial charge in [-0.2, -0.15) is 0 Å². The number of nitro groups is 1. The second kappa shape index (κ2) is 6.85. The Morgan fingerprint density at radius 1 is 1.14 bits per heavy atom. The lowest BCUT2D eigenvalue weighted by Crippen LogP contribution is -2.29. The van der Waals surface area contributed by atoms with E-state index in [9.17, 15) is 10.1 Å². The summed E-state index contributed by atoms with van der Waals surface area (Å²) in [5.41, 5.74) is 8.21. The molecular weight excluding hydrogens is 266 g/mol. The fourth-order valence-corrected chi connectivity index (χ4v) is 2.38. The van der Waals surface area contributed by atoms with Gasteiger partial charge in [0.2, 0.25) is 0 Å². The normalized spacial score (nSPS) is 10.4. The monoisotopic (exact) mass is 285 g/mol. The second-order valence-electron chi connectivity index (χ2n) is 4.90. The molecule has 0 fully saturated rings. The number of benzene rings is 2. The standard InChI is InChI=1S/C16H19N3O2/c1-13-6-5-9-15(16(13)19(20)21)18(11-10-17)12-14-7-3-2-4-8-14/h2-9H,10-12,17H2,1H3. The van der Waals surface area contributed by atoms with Crippen LogP contribution in [0.15, 0.2) is 48.5 Å². The molecule has 2 aromatic carbocycles. The zero-order chi connectivity index (χ0) is 15.2. The average molecular weight is 285 g/mol. The number of hydrogen-bond donors (Lipinski definition) is 1. The van der Waals surface area contributed by atoms with Crippen molar-refractivity contribution in [2.45, 2.75) is 13.5 Å². The maximum absolute atomic E-state index is 11.4. The molecule has 0 radical (unpaired) electrons. The van der Waals surface area contributed by atoms with Gasteiger partial charge in [0.05, 0.1) is 4.92 Å². The molecule has 0 spiro atoms. The quantitative estimate of drug-likeness (QED) is 0.654. The molecule has 0 atom stereocenters. The van der Waals surface area contributed by atoms with Gasteiger partial charge in [-0.1, -0.05) is 42.5 Å². The minimum Gasteiger partial charge on any atom is -0.360 e. The SMILES string of the molecule is Cc1cccc(N(CCN)Cc2ccccc2)c1[N+](=O)[O-]. The highest BCUT2D eigenvalue weighted by atomic mass is 16.6. The first-order valence-corrected chi connectivity index (χ1v) is 6.86. The van der Waals surface area contributed by atoms with Gasteiger partial charge in [0.1, 0.15) is 5.69 Å². The van der Waals surface area contributed by atoms with Gasteiger partial charge in [-0.15, -0.1) is 0 Å². The Balaban J connectivity index is 2.39. The van der Waals surface area contributed by atoms with Gasteiger partial charge in [0.25, 0.3) is 5.69 Å². The number of aryl methyl sites for hydroxylation is 1. The predicted molar refractivity (Wildman–Crippen MR) is 84.4 cm³/mol. The summed E-state index contributed by atoms with van der Waals surface area (Å²) in [5, 5.41) is 11.4. The highest BCUT2D eigenvalue weighted by Gasteiger charge is 2.21. The zero-order valence-electron chi connectivity index (χ0n) is 12.0. The molecule has 2 aromatic rings. The van der Waals surface area contributed by atoms with E-state index in [0.29, 0.717) is 30.9 Å². The molecule has 21 heavy (non-hydrogen) atoms. The Labute approximate surface area is 124 Å². The van der Waals surface area contributed by atoms with Crippen molar-refractivity contribution < 1.29 is 4.92 Å². The van der Waals surface area contributed by atoms with E-state index in [2.05, 4.69) is 0 Å². The van der Waals surface area contributed by atoms with Crippen LogP contribution in [0.1, 0.15) is 11.1 Å². The Kier molecular flexibility index (Phi) is 4.90. The van der Waals surface area contributed by atoms with Gasteiger partial charge in [-0.25, -0.2) is 0 Å². The average Bonchev–Trinajstić information content (AvgIpc) is 2.47. The Morgan fingerprint density at radius 3 is 2.48 bits per heavy atom. The summed E-state index contributed by atoms with van der Waals surface area (Å²) >= 11 is 0. The number of nitrogens with two attached hydrogens (primary N) is 1. The third kappa shape index (κ3) is 3.58. The van der Waals surface area contributed by atoms with Crippen molar-refractivity contribution in [1.29, 1.82) is 0 Å². The van der Waals surface area contributed by atoms with E-state index in [1.54, 1.807) is 19.1 Å². The van der Waals surface area contributed by atoms with Gasteiger partial charge in [0, 0.05) is 25.2 Å². The number of hydrogen-bond acceptors (Lipinski definition) is 4. The summed E-state index contributed by atoms with van der Waals surface area (Å²) in [4.78, 5) is 13.0. The van der Waals surface area contributed by atoms with E-state index >= 15 is 0 Å². The highest BCUT2D eigenvalue weighted by molar-refractivity contribution is 5.66. The molecule has 2 rings (SSSR count). The van der Waals surface area contributed by atoms with Gasteiger partial charge in [0.15, 0.2) is 0 Å². The van der Waals surface area contributed by atoms with Crippen molar-refractivity contribution >= 4 is 11.4 Å². The summed E-state index contributed by atoms with van der Waals surface area (Å²) in [6.45, 7) is 3.37. The summed E-state index contributed by atoms with van der Waals surface area (Å²) in [5.74, 6) is 0. The van der Waals surface area contributed by atoms with E-state index in [-0.39, 0.29) is 10.6 Å². The molecule has 0 saturated heterocycles. The maximum Gasteiger partial charge on any atom is 0.295 e. The van der Waals surface area contributed by atoms with Crippen LogP contribution in [0.2, 0.25) is 0 Å². The smallest absolute Gasteiger partial charge is 0.295 e. The summed E-state index contributed by atoms with van der Waals surface area (Å²) in [6, 6.07) is 15.3. The molecule has 0 bridgehead atoms. The van der Waals surface area contributed by atoms with Crippen LogP contribution in [-0.2, 0) is 6.54 Å². The molecule has 0 amide bonds. The Morgan fingerprint density at radius 2 is 1.86 bits per heavy atom. The van der Waals surface area contributed by atoms with E-state index in [1.807, 2.05) is 41.3 Å². The first-order valence-electron chi connectivity index (χ1n) is 6.86. The van der Waals surface area contributed by atoms with E-state index in [4.69, 9.17) is 5.73 Å². The third-order valence-electron chi connectivity index (χ3n) is 3.35. The molecule has 0 heterocycles. The minimum absolute atomic E-state index is 0.155. The van der Waals surface area contributed by atoms with Crippen molar-refractivity contribution in [3.63, 3.8) is 0 Å². The molecule has 2 N–H and O–H groups in total. The molecule has 5 nitrogen and oxygen atoms in total. The predicted octanol–water partition coefficient (Wildman–Crippen LogP) is 2.87. The van der Waals surface area contributed by atoms with Crippen molar-refractivity contribution in [3.05, 3.63) is 69.8 Å². The lowest BCUT2D eigenvalue weighted by atomic mass is 10.1. The van der Waals surface area contributed by atoms with Crippen molar-refractivity contribution in [2.75, 3.05) is 18.0 Å². The summed E-state index contributed by atoms with van der Waals surface area (Å²) < 4.78 is 0. The molecule has 110 valence electrons. The highest BCUT2D eigenvalue weighted by Crippen LogP contribution is 2.32. The van der Waals surface area contributed by atoms with E-state index < -0.39 is 0 Å². The van der Waals surface area contributed by atoms with Crippen LogP contribution in [0.25, 0.3) is 0 Å². The molecule has 0 aliphatic heterocycles. The van der Waals surface area contributed by atoms with Crippen LogP contribution in [0.3, 0.4) is 0 Å². The van der Waals surface area contributed by atoms with E-state index in [0.717, 1.165) is 5.56 Å². The fourth-order valence-electron chi connectivity index (χ4n) is 2.38. The zero-order valence-corrected chi connectivity index (χ0v) is 12.0. The lowest BCUT2D eigenvalue weighted by molar-refractivity contribution is -0.384. The number of para-hydroxylation sites is 1. The molecular formula is C16H19N3O2. The van der Waals surface area contributed by atoms with Crippen LogP contribution in [0.4, 0.5) is 11.4 Å². The Hall–Kier alpha value is -2.40. The third-order valence-corrected chi connectivity index (χ3v) is 3.35. The Bertz CT molecular complexity index is 614. The lowest BCUT2D eigenvalue weighted by Gasteiger charge is -2.24. The van der Waals surface area contributed by atoms with Gasteiger partial charge in [-0.3, -0.25) is 10.1 Å². The molecule has 0 saturated carbocycles. The van der Waals surface area contributed by atoms with Crippen molar-refractivity contribution in [1.82, 2.24) is 0 Å². The van der Waals surface area contributed by atoms with Crippen molar-refractivity contribution in [3.8, 4) is 0 Å². The van der Waals surface area contributed by atoms with Crippen LogP contribution >= 0.6 is 0 Å². The first kappa shape index (κ1) is 15.0. The van der Waals surface area contributed by atoms with Gasteiger partial charge < -0.3 is 10.6 Å². The summed E-state index contributed by atoms with van der Waals surface area (Å²) in [6.07, 6.45) is 0. The number of anilines is 1. The molecule has 0 aliphatic rings. The molecule has 5 heteroatoms. The topological polar surface area (TPSA) is 72.4 Å².